The second-order valence-electron chi connectivity index (χ2n) is 22.3. The maximum absolute atomic E-state index is 6.06. The third-order valence-electron chi connectivity index (χ3n) is 15.7. The van der Waals surface area contributed by atoms with Gasteiger partial charge in [-0.2, -0.15) is 0 Å². The van der Waals surface area contributed by atoms with Gasteiger partial charge in [-0.25, -0.2) is 9.97 Å². The van der Waals surface area contributed by atoms with Crippen molar-refractivity contribution in [2.75, 3.05) is 9.80 Å². The van der Waals surface area contributed by atoms with Crippen LogP contribution in [-0.2, 0) is 10.8 Å². The first-order chi connectivity index (χ1) is 36.0. The third-order valence-corrected chi connectivity index (χ3v) is 15.7. The summed E-state index contributed by atoms with van der Waals surface area (Å²) in [4.78, 5) is 17.0. The molecular weight excluding hydrogens is 901 g/mol. The Morgan fingerprint density at radius 2 is 0.635 bits per heavy atom. The van der Waals surface area contributed by atoms with Crippen LogP contribution >= 0.6 is 0 Å². The van der Waals surface area contributed by atoms with Crippen LogP contribution in [0.2, 0.25) is 0 Å². The minimum absolute atomic E-state index is 0.157. The van der Waals surface area contributed by atoms with Crippen molar-refractivity contribution >= 4 is 132 Å². The van der Waals surface area contributed by atoms with Crippen LogP contribution < -0.4 is 9.80 Å². The highest BCUT2D eigenvalue weighted by Gasteiger charge is 2.32. The second-order valence-corrected chi connectivity index (χ2v) is 22.3. The summed E-state index contributed by atoms with van der Waals surface area (Å²) in [7, 11) is 0. The molecule has 0 aliphatic carbocycles. The van der Waals surface area contributed by atoms with Crippen LogP contribution in [0.4, 0.5) is 34.1 Å². The first-order valence-electron chi connectivity index (χ1n) is 25.8. The first-order valence-corrected chi connectivity index (χ1v) is 25.8. The van der Waals surface area contributed by atoms with Crippen molar-refractivity contribution in [1.82, 2.24) is 18.8 Å². The zero-order chi connectivity index (χ0) is 49.8. The standard InChI is InChI=1S/C68H52N6/c1-67(2,3)43-37-51-57-49-33-21-19-23-41(49)35-55(71(45-25-11-7-12-26-45)46-27-13-8-14-28-46)63(57)73-61(51)53(39-43)59-65(73)70-60-54-40-44(68(4,5)6)38-52-58-50-34-22-20-24-42(50)36-56(64(58)74(62(52)54)66(60)69-59)72(47-29-15-9-16-30-47)48-31-17-10-18-32-48/h7-40H,1-6H3. The van der Waals surface area contributed by atoms with Crippen LogP contribution in [0.1, 0.15) is 52.7 Å². The molecule has 0 saturated heterocycles. The van der Waals surface area contributed by atoms with E-state index in [1.165, 1.54) is 54.2 Å². The van der Waals surface area contributed by atoms with Crippen molar-refractivity contribution in [2.45, 2.75) is 52.4 Å². The molecule has 0 amide bonds. The Labute approximate surface area is 428 Å². The number of rotatable bonds is 6. The molecule has 354 valence electrons. The SMILES string of the molecule is CC(C)(C)c1cc2c3nc4c(nc3n3c5c(N(c6ccccc6)c6ccccc6)cc6ccccc6c5c(c1)c23)c1cc(C(C)(C)C)cc2c3c5ccccc5cc(N(c5ccccc5)c5ccccc5)c3n4c12. The molecule has 15 aromatic rings. The van der Waals surface area contributed by atoms with E-state index in [4.69, 9.17) is 9.97 Å². The molecular formula is C68H52N6. The van der Waals surface area contributed by atoms with E-state index in [2.05, 4.69) is 266 Å². The van der Waals surface area contributed by atoms with Crippen LogP contribution in [0.3, 0.4) is 0 Å². The Morgan fingerprint density at radius 1 is 0.324 bits per heavy atom. The van der Waals surface area contributed by atoms with Crippen molar-refractivity contribution in [3.8, 4) is 0 Å². The fraction of sp³-hybridized carbons (Fsp3) is 0.118. The first kappa shape index (κ1) is 42.7. The number of anilines is 6. The van der Waals surface area contributed by atoms with Crippen LogP contribution in [0.15, 0.2) is 206 Å². The van der Waals surface area contributed by atoms with E-state index in [1.54, 1.807) is 0 Å². The van der Waals surface area contributed by atoms with Gasteiger partial charge in [-0.15, -0.1) is 0 Å². The summed E-state index contributed by atoms with van der Waals surface area (Å²) in [6.45, 7) is 13.9. The van der Waals surface area contributed by atoms with E-state index in [9.17, 15) is 0 Å². The minimum atomic E-state index is -0.157. The molecule has 0 atom stereocenters. The van der Waals surface area contributed by atoms with Crippen molar-refractivity contribution in [2.24, 2.45) is 0 Å². The molecule has 0 spiro atoms. The fourth-order valence-corrected chi connectivity index (χ4v) is 12.2. The monoisotopic (exact) mass is 952 g/mol. The maximum atomic E-state index is 6.06. The number of hydrogen-bond acceptors (Lipinski definition) is 4. The van der Waals surface area contributed by atoms with Gasteiger partial charge < -0.3 is 9.80 Å². The number of nitrogens with zero attached hydrogens (tertiary/aromatic N) is 6. The van der Waals surface area contributed by atoms with Gasteiger partial charge in [0.05, 0.1) is 33.4 Å². The minimum Gasteiger partial charge on any atom is -0.308 e. The molecule has 0 bridgehead atoms. The average Bonchev–Trinajstić information content (AvgIpc) is 4.23. The summed E-state index contributed by atoms with van der Waals surface area (Å²) in [6.07, 6.45) is 0. The molecule has 6 heteroatoms. The zero-order valence-corrected chi connectivity index (χ0v) is 42.3. The van der Waals surface area contributed by atoms with Crippen molar-refractivity contribution in [3.63, 3.8) is 0 Å². The van der Waals surface area contributed by atoms with E-state index in [0.717, 1.165) is 89.3 Å². The highest BCUT2D eigenvalue weighted by atomic mass is 15.2. The summed E-state index contributed by atoms with van der Waals surface area (Å²) >= 11 is 0. The Balaban J connectivity index is 1.18. The molecule has 6 nitrogen and oxygen atoms in total. The van der Waals surface area contributed by atoms with Crippen molar-refractivity contribution in [1.29, 1.82) is 0 Å². The van der Waals surface area contributed by atoms with E-state index >= 15 is 0 Å². The van der Waals surface area contributed by atoms with Gasteiger partial charge >= 0.3 is 0 Å². The molecule has 0 unspecified atom stereocenters. The van der Waals surface area contributed by atoms with E-state index < -0.39 is 0 Å². The van der Waals surface area contributed by atoms with Crippen LogP contribution in [0, 0.1) is 0 Å². The van der Waals surface area contributed by atoms with Gasteiger partial charge in [0.2, 0.25) is 0 Å². The molecule has 5 aromatic heterocycles. The largest absolute Gasteiger partial charge is 0.308 e. The summed E-state index contributed by atoms with van der Waals surface area (Å²) in [5.74, 6) is 0. The molecule has 5 heterocycles. The lowest BCUT2D eigenvalue weighted by Gasteiger charge is -2.27. The van der Waals surface area contributed by atoms with Crippen molar-refractivity contribution in [3.05, 3.63) is 217 Å². The molecule has 0 aliphatic rings. The van der Waals surface area contributed by atoms with E-state index in [1.807, 2.05) is 0 Å². The second kappa shape index (κ2) is 15.3. The predicted molar refractivity (Wildman–Crippen MR) is 313 cm³/mol. The highest BCUT2D eigenvalue weighted by Crippen LogP contribution is 2.52. The molecule has 0 N–H and O–H groups in total. The smallest absolute Gasteiger partial charge is 0.165 e. The number of aromatic nitrogens is 4. The van der Waals surface area contributed by atoms with Gasteiger partial charge in [0.25, 0.3) is 0 Å². The third kappa shape index (κ3) is 5.99. The topological polar surface area (TPSA) is 41.1 Å². The number of hydrogen-bond donors (Lipinski definition) is 0. The van der Waals surface area contributed by atoms with Gasteiger partial charge in [0, 0.05) is 55.1 Å². The normalized spacial score (nSPS) is 12.7. The van der Waals surface area contributed by atoms with Gasteiger partial charge in [0.1, 0.15) is 11.0 Å². The quantitative estimate of drug-likeness (QED) is 0.167. The van der Waals surface area contributed by atoms with Crippen LogP contribution in [-0.4, -0.2) is 18.8 Å². The summed E-state index contributed by atoms with van der Waals surface area (Å²) < 4.78 is 4.94. The molecule has 0 radical (unpaired) electrons. The van der Waals surface area contributed by atoms with E-state index in [0.29, 0.717) is 0 Å². The Kier molecular flexibility index (Phi) is 8.80. The van der Waals surface area contributed by atoms with Gasteiger partial charge in [-0.05, 0) is 128 Å². The van der Waals surface area contributed by atoms with E-state index in [-0.39, 0.29) is 10.8 Å². The van der Waals surface area contributed by atoms with Gasteiger partial charge in [0.15, 0.2) is 11.3 Å². The lowest BCUT2D eigenvalue weighted by Crippen LogP contribution is -2.11. The number of benzene rings is 10. The highest BCUT2D eigenvalue weighted by molar-refractivity contribution is 6.33. The summed E-state index contributed by atoms with van der Waals surface area (Å²) in [5.41, 5.74) is 16.7. The zero-order valence-electron chi connectivity index (χ0n) is 42.3. The lowest BCUT2D eigenvalue weighted by atomic mass is 9.85. The Morgan fingerprint density at radius 3 is 0.973 bits per heavy atom. The van der Waals surface area contributed by atoms with Gasteiger partial charge in [-0.1, -0.05) is 163 Å². The number of fused-ring (bicyclic) bond motifs is 16. The molecule has 0 fully saturated rings. The Hall–Kier alpha value is -9.00. The average molecular weight is 953 g/mol. The molecule has 15 rings (SSSR count). The fourth-order valence-electron chi connectivity index (χ4n) is 12.2. The Bertz CT molecular complexity index is 4330. The molecule has 0 aliphatic heterocycles. The molecule has 10 aromatic carbocycles. The lowest BCUT2D eigenvalue weighted by molar-refractivity contribution is 0.591. The molecule has 74 heavy (non-hydrogen) atoms. The van der Waals surface area contributed by atoms with Crippen LogP contribution in [0.25, 0.3) is 98.3 Å². The summed E-state index contributed by atoms with van der Waals surface area (Å²) in [6, 6.07) is 75.4. The summed E-state index contributed by atoms with van der Waals surface area (Å²) in [5, 5.41) is 11.9. The van der Waals surface area contributed by atoms with Crippen molar-refractivity contribution < 1.29 is 0 Å². The molecule has 0 saturated carbocycles. The maximum Gasteiger partial charge on any atom is 0.165 e. The predicted octanol–water partition coefficient (Wildman–Crippen LogP) is 18.6. The van der Waals surface area contributed by atoms with Crippen LogP contribution in [0.5, 0.6) is 0 Å². The number of para-hydroxylation sites is 4. The van der Waals surface area contributed by atoms with Gasteiger partial charge in [-0.3, -0.25) is 8.80 Å².